The SMILES string of the molecule is Cc1cc(C)c(NC(=O)CNC(=O)COC(=O)CNC(=O)c2ccc(-c3ccccc3)cc2)c(C)c1. The molecule has 8 nitrogen and oxygen atoms in total. The summed E-state index contributed by atoms with van der Waals surface area (Å²) in [5.41, 5.74) is 6.04. The van der Waals surface area contributed by atoms with Crippen LogP contribution in [0.15, 0.2) is 66.7 Å². The van der Waals surface area contributed by atoms with Gasteiger partial charge in [0.15, 0.2) is 6.61 Å². The maximum atomic E-state index is 12.3. The van der Waals surface area contributed by atoms with E-state index < -0.39 is 30.3 Å². The third kappa shape index (κ3) is 7.53. The highest BCUT2D eigenvalue weighted by molar-refractivity contribution is 5.97. The molecule has 36 heavy (non-hydrogen) atoms. The summed E-state index contributed by atoms with van der Waals surface area (Å²) in [5.74, 6) is -2.22. The van der Waals surface area contributed by atoms with Gasteiger partial charge in [-0.3, -0.25) is 19.2 Å². The van der Waals surface area contributed by atoms with Crippen LogP contribution < -0.4 is 16.0 Å². The number of hydrogen-bond acceptors (Lipinski definition) is 5. The van der Waals surface area contributed by atoms with Gasteiger partial charge < -0.3 is 20.7 Å². The van der Waals surface area contributed by atoms with E-state index in [9.17, 15) is 19.2 Å². The van der Waals surface area contributed by atoms with E-state index in [-0.39, 0.29) is 13.1 Å². The zero-order valence-electron chi connectivity index (χ0n) is 20.5. The maximum absolute atomic E-state index is 12.3. The maximum Gasteiger partial charge on any atom is 0.325 e. The van der Waals surface area contributed by atoms with Crippen LogP contribution in [0.3, 0.4) is 0 Å². The van der Waals surface area contributed by atoms with Crippen molar-refractivity contribution in [2.75, 3.05) is 25.0 Å². The molecule has 0 aromatic heterocycles. The second-order valence-electron chi connectivity index (χ2n) is 8.39. The summed E-state index contributed by atoms with van der Waals surface area (Å²) >= 11 is 0. The van der Waals surface area contributed by atoms with E-state index in [4.69, 9.17) is 4.74 Å². The largest absolute Gasteiger partial charge is 0.454 e. The van der Waals surface area contributed by atoms with Gasteiger partial charge in [-0.15, -0.1) is 0 Å². The third-order valence-electron chi connectivity index (χ3n) is 5.40. The van der Waals surface area contributed by atoms with Crippen molar-refractivity contribution in [3.8, 4) is 11.1 Å². The minimum absolute atomic E-state index is 0.265. The molecule has 3 aromatic rings. The first-order valence-electron chi connectivity index (χ1n) is 11.5. The highest BCUT2D eigenvalue weighted by Gasteiger charge is 2.13. The predicted molar refractivity (Wildman–Crippen MR) is 137 cm³/mol. The van der Waals surface area contributed by atoms with Crippen LogP contribution in [0, 0.1) is 20.8 Å². The fourth-order valence-electron chi connectivity index (χ4n) is 3.69. The van der Waals surface area contributed by atoms with Crippen LogP contribution >= 0.6 is 0 Å². The Morgan fingerprint density at radius 2 is 1.33 bits per heavy atom. The number of benzene rings is 3. The van der Waals surface area contributed by atoms with Gasteiger partial charge in [-0.2, -0.15) is 0 Å². The normalized spacial score (nSPS) is 10.3. The van der Waals surface area contributed by atoms with Gasteiger partial charge in [-0.1, -0.05) is 60.2 Å². The second kappa shape index (κ2) is 12.3. The van der Waals surface area contributed by atoms with Gasteiger partial charge in [0.05, 0.1) is 6.54 Å². The number of ether oxygens (including phenoxy) is 1. The molecule has 0 saturated carbocycles. The monoisotopic (exact) mass is 487 g/mol. The molecule has 3 rings (SSSR count). The lowest BCUT2D eigenvalue weighted by Crippen LogP contribution is -2.37. The molecule has 3 N–H and O–H groups in total. The number of aryl methyl sites for hydroxylation is 3. The Hall–Kier alpha value is -4.46. The molecule has 0 aliphatic carbocycles. The van der Waals surface area contributed by atoms with Gasteiger partial charge in [-0.05, 0) is 55.2 Å². The van der Waals surface area contributed by atoms with Crippen LogP contribution in [0.2, 0.25) is 0 Å². The van der Waals surface area contributed by atoms with Crippen molar-refractivity contribution in [2.24, 2.45) is 0 Å². The summed E-state index contributed by atoms with van der Waals surface area (Å²) in [7, 11) is 0. The van der Waals surface area contributed by atoms with Gasteiger partial charge in [0.2, 0.25) is 5.91 Å². The summed E-state index contributed by atoms with van der Waals surface area (Å²) in [6.45, 7) is 4.55. The lowest BCUT2D eigenvalue weighted by atomic mass is 10.0. The molecule has 0 unspecified atom stereocenters. The first-order valence-corrected chi connectivity index (χ1v) is 11.5. The Balaban J connectivity index is 1.37. The summed E-state index contributed by atoms with van der Waals surface area (Å²) < 4.78 is 4.87. The highest BCUT2D eigenvalue weighted by Crippen LogP contribution is 2.22. The van der Waals surface area contributed by atoms with Gasteiger partial charge in [0, 0.05) is 11.3 Å². The molecule has 0 atom stereocenters. The zero-order valence-corrected chi connectivity index (χ0v) is 20.5. The van der Waals surface area contributed by atoms with E-state index in [1.54, 1.807) is 12.1 Å². The molecule has 3 amide bonds. The Kier molecular flexibility index (Phi) is 8.94. The van der Waals surface area contributed by atoms with Gasteiger partial charge in [0.1, 0.15) is 6.54 Å². The number of rotatable bonds is 9. The number of nitrogens with one attached hydrogen (secondary N) is 3. The number of amides is 3. The molecule has 0 fully saturated rings. The molecule has 0 heterocycles. The number of esters is 1. The van der Waals surface area contributed by atoms with Crippen LogP contribution in [-0.4, -0.2) is 43.4 Å². The van der Waals surface area contributed by atoms with Gasteiger partial charge in [0.25, 0.3) is 11.8 Å². The first-order chi connectivity index (χ1) is 17.2. The summed E-state index contributed by atoms with van der Waals surface area (Å²) in [4.78, 5) is 48.3. The smallest absolute Gasteiger partial charge is 0.325 e. The topological polar surface area (TPSA) is 114 Å². The number of carbonyl (C=O) groups is 4. The molecule has 8 heteroatoms. The average Bonchev–Trinajstić information content (AvgIpc) is 2.87. The lowest BCUT2D eigenvalue weighted by molar-refractivity contribution is -0.147. The van der Waals surface area contributed by atoms with Crippen LogP contribution in [0.5, 0.6) is 0 Å². The first kappa shape index (κ1) is 26.2. The van der Waals surface area contributed by atoms with Crippen molar-refractivity contribution in [3.63, 3.8) is 0 Å². The standard InChI is InChI=1S/C28H29N3O5/c1-18-13-19(2)27(20(3)14-18)31-24(32)15-29-25(33)17-36-26(34)16-30-28(35)23-11-9-22(10-12-23)21-7-5-4-6-8-21/h4-14H,15-17H2,1-3H3,(H,29,33)(H,30,35)(H,31,32). The molecular weight excluding hydrogens is 458 g/mol. The van der Waals surface area contributed by atoms with E-state index in [1.807, 2.05) is 75.4 Å². The predicted octanol–water partition coefficient (Wildman–Crippen LogP) is 3.31. The van der Waals surface area contributed by atoms with Crippen molar-refractivity contribution in [2.45, 2.75) is 20.8 Å². The van der Waals surface area contributed by atoms with Crippen LogP contribution in [0.4, 0.5) is 5.69 Å². The van der Waals surface area contributed by atoms with Crippen molar-refractivity contribution in [1.82, 2.24) is 10.6 Å². The van der Waals surface area contributed by atoms with Crippen LogP contribution in [0.1, 0.15) is 27.0 Å². The molecule has 0 radical (unpaired) electrons. The minimum atomic E-state index is -0.769. The third-order valence-corrected chi connectivity index (χ3v) is 5.40. The van der Waals surface area contributed by atoms with E-state index >= 15 is 0 Å². The molecule has 0 bridgehead atoms. The Morgan fingerprint density at radius 3 is 1.97 bits per heavy atom. The van der Waals surface area contributed by atoms with E-state index in [0.717, 1.165) is 27.8 Å². The molecular formula is C28H29N3O5. The van der Waals surface area contributed by atoms with E-state index in [2.05, 4.69) is 16.0 Å². The number of hydrogen-bond donors (Lipinski definition) is 3. The molecule has 186 valence electrons. The van der Waals surface area contributed by atoms with Gasteiger partial charge >= 0.3 is 5.97 Å². The van der Waals surface area contributed by atoms with Crippen molar-refractivity contribution >= 4 is 29.4 Å². The Morgan fingerprint density at radius 1 is 0.722 bits per heavy atom. The molecule has 0 saturated heterocycles. The molecule has 0 aliphatic rings. The minimum Gasteiger partial charge on any atom is -0.454 e. The van der Waals surface area contributed by atoms with E-state index in [0.29, 0.717) is 11.3 Å². The summed E-state index contributed by atoms with van der Waals surface area (Å²) in [6.07, 6.45) is 0. The Labute approximate surface area is 210 Å². The Bertz CT molecular complexity index is 1230. The summed E-state index contributed by atoms with van der Waals surface area (Å²) in [6, 6.07) is 20.6. The highest BCUT2D eigenvalue weighted by atomic mass is 16.5. The molecule has 0 aliphatic heterocycles. The van der Waals surface area contributed by atoms with Crippen molar-refractivity contribution in [3.05, 3.63) is 89.0 Å². The number of anilines is 1. The zero-order chi connectivity index (χ0) is 26.1. The van der Waals surface area contributed by atoms with Crippen LogP contribution in [0.25, 0.3) is 11.1 Å². The second-order valence-corrected chi connectivity index (χ2v) is 8.39. The quantitative estimate of drug-likeness (QED) is 0.401. The summed E-state index contributed by atoms with van der Waals surface area (Å²) in [5, 5.41) is 7.64. The molecule has 0 spiro atoms. The van der Waals surface area contributed by atoms with E-state index in [1.165, 1.54) is 0 Å². The van der Waals surface area contributed by atoms with Crippen molar-refractivity contribution in [1.29, 1.82) is 0 Å². The van der Waals surface area contributed by atoms with Gasteiger partial charge in [-0.25, -0.2) is 0 Å². The van der Waals surface area contributed by atoms with Crippen molar-refractivity contribution < 1.29 is 23.9 Å². The fraction of sp³-hybridized carbons (Fsp3) is 0.214. The number of carbonyl (C=O) groups excluding carboxylic acids is 4. The average molecular weight is 488 g/mol. The van der Waals surface area contributed by atoms with Crippen LogP contribution in [-0.2, 0) is 19.1 Å². The molecule has 3 aromatic carbocycles. The fourth-order valence-corrected chi connectivity index (χ4v) is 3.69. The lowest BCUT2D eigenvalue weighted by Gasteiger charge is -2.13.